The van der Waals surface area contributed by atoms with Crippen molar-refractivity contribution in [2.24, 2.45) is 0 Å². The van der Waals surface area contributed by atoms with E-state index >= 15 is 0 Å². The van der Waals surface area contributed by atoms with Crippen LogP contribution < -0.4 is 4.99 Å². The first-order chi connectivity index (χ1) is 5.00. The Kier molecular flexibility index (Phi) is 4.24. The van der Waals surface area contributed by atoms with Crippen LogP contribution in [0.3, 0.4) is 0 Å². The number of rotatable bonds is 0. The van der Waals surface area contributed by atoms with Gasteiger partial charge in [0.25, 0.3) is 0 Å². The van der Waals surface area contributed by atoms with E-state index in [1.165, 1.54) is 51.5 Å². The number of hydrogen-bond acceptors (Lipinski definition) is 0. The van der Waals surface area contributed by atoms with Gasteiger partial charge in [0.05, 0.1) is 0 Å². The fraction of sp³-hybridized carbons (Fsp3) is 0.889. The minimum absolute atomic E-state index is 1.19. The molecule has 0 aromatic rings. The Labute approximate surface area is 63.5 Å². The van der Waals surface area contributed by atoms with Gasteiger partial charge < -0.3 is 0 Å². The molecule has 0 fully saturated rings. The fourth-order valence-corrected chi connectivity index (χ4v) is 1.38. The van der Waals surface area contributed by atoms with E-state index < -0.39 is 0 Å². The quantitative estimate of drug-likeness (QED) is 0.513. The molecular formula is C9H18N+. The zero-order chi connectivity index (χ0) is 7.07. The minimum atomic E-state index is 1.19. The molecule has 1 nitrogen and oxygen atoms in total. The lowest BCUT2D eigenvalue weighted by atomic mass is 10.1. The average Bonchev–Trinajstić information content (AvgIpc) is 2.01. The third-order valence-electron chi connectivity index (χ3n) is 2.06. The first-order valence-corrected chi connectivity index (χ1v) is 4.55. The summed E-state index contributed by atoms with van der Waals surface area (Å²) in [6, 6.07) is 0. The van der Waals surface area contributed by atoms with Crippen molar-refractivity contribution < 1.29 is 4.99 Å². The average molecular weight is 140 g/mol. The summed E-state index contributed by atoms with van der Waals surface area (Å²) in [5, 5.41) is 0. The molecule has 0 saturated carbocycles. The lowest BCUT2D eigenvalue weighted by Gasteiger charge is -1.98. The minimum Gasteiger partial charge on any atom is -0.252 e. The van der Waals surface area contributed by atoms with E-state index in [0.717, 1.165) is 0 Å². The Morgan fingerprint density at radius 1 is 0.800 bits per heavy atom. The van der Waals surface area contributed by atoms with Crippen molar-refractivity contribution in [3.05, 3.63) is 0 Å². The van der Waals surface area contributed by atoms with Crippen molar-refractivity contribution in [3.63, 3.8) is 0 Å². The standard InChI is InChI=1S/C9H17N/c1-2-4-6-8-10-9-7-5-3-1/h8H,1-7,9H2/p+1. The van der Waals surface area contributed by atoms with E-state index in [2.05, 4.69) is 11.2 Å². The van der Waals surface area contributed by atoms with Crippen molar-refractivity contribution in [1.29, 1.82) is 0 Å². The van der Waals surface area contributed by atoms with Crippen LogP contribution in [-0.2, 0) is 0 Å². The zero-order valence-corrected chi connectivity index (χ0v) is 6.73. The molecule has 1 rings (SSSR count). The van der Waals surface area contributed by atoms with Gasteiger partial charge in [0.2, 0.25) is 0 Å². The summed E-state index contributed by atoms with van der Waals surface area (Å²) in [6.07, 6.45) is 12.0. The Morgan fingerprint density at radius 3 is 2.40 bits per heavy atom. The highest BCUT2D eigenvalue weighted by atomic mass is 14.7. The van der Waals surface area contributed by atoms with Gasteiger partial charge in [-0.1, -0.05) is 19.3 Å². The third kappa shape index (κ3) is 3.65. The van der Waals surface area contributed by atoms with Gasteiger partial charge in [-0.15, -0.1) is 0 Å². The highest BCUT2D eigenvalue weighted by Crippen LogP contribution is 2.05. The molecule has 0 saturated heterocycles. The highest BCUT2D eigenvalue weighted by Gasteiger charge is 1.94. The second-order valence-electron chi connectivity index (χ2n) is 3.07. The maximum Gasteiger partial charge on any atom is 0.140 e. The van der Waals surface area contributed by atoms with E-state index in [1.54, 1.807) is 0 Å². The van der Waals surface area contributed by atoms with E-state index in [4.69, 9.17) is 0 Å². The van der Waals surface area contributed by atoms with Crippen molar-refractivity contribution in [2.45, 2.75) is 44.9 Å². The van der Waals surface area contributed by atoms with E-state index in [9.17, 15) is 0 Å². The molecule has 1 N–H and O–H groups in total. The molecule has 58 valence electrons. The molecule has 0 radical (unpaired) electrons. The van der Waals surface area contributed by atoms with Crippen LogP contribution in [0.5, 0.6) is 0 Å². The van der Waals surface area contributed by atoms with Gasteiger partial charge >= 0.3 is 0 Å². The first-order valence-electron chi connectivity index (χ1n) is 4.55. The molecular weight excluding hydrogens is 122 g/mol. The normalized spacial score (nSPS) is 22.4. The SMILES string of the molecule is C1=[NH+]CCCCCCCC1. The van der Waals surface area contributed by atoms with Gasteiger partial charge in [0.1, 0.15) is 12.8 Å². The monoisotopic (exact) mass is 140 g/mol. The highest BCUT2D eigenvalue weighted by molar-refractivity contribution is 5.49. The van der Waals surface area contributed by atoms with Crippen LogP contribution in [0.2, 0.25) is 0 Å². The Morgan fingerprint density at radius 2 is 1.50 bits per heavy atom. The molecule has 1 heteroatoms. The van der Waals surface area contributed by atoms with Crippen LogP contribution in [0.15, 0.2) is 0 Å². The summed E-state index contributed by atoms with van der Waals surface area (Å²) in [7, 11) is 0. The maximum atomic E-state index is 3.33. The predicted molar refractivity (Wildman–Crippen MR) is 44.2 cm³/mol. The van der Waals surface area contributed by atoms with Gasteiger partial charge in [0.15, 0.2) is 0 Å². The molecule has 1 heterocycles. The van der Waals surface area contributed by atoms with Crippen LogP contribution in [0.25, 0.3) is 0 Å². The van der Waals surface area contributed by atoms with E-state index in [0.29, 0.717) is 0 Å². The summed E-state index contributed by atoms with van der Waals surface area (Å²) in [4.78, 5) is 3.33. The van der Waals surface area contributed by atoms with Crippen LogP contribution in [0.1, 0.15) is 44.9 Å². The van der Waals surface area contributed by atoms with Gasteiger partial charge in [-0.2, -0.15) is 0 Å². The Hall–Kier alpha value is -0.330. The van der Waals surface area contributed by atoms with E-state index in [-0.39, 0.29) is 0 Å². The molecule has 0 aromatic carbocycles. The topological polar surface area (TPSA) is 14.0 Å². The van der Waals surface area contributed by atoms with Crippen LogP contribution in [0.4, 0.5) is 0 Å². The Bertz CT molecular complexity index is 84.9. The lowest BCUT2D eigenvalue weighted by Crippen LogP contribution is -2.68. The van der Waals surface area contributed by atoms with Crippen molar-refractivity contribution in [1.82, 2.24) is 0 Å². The van der Waals surface area contributed by atoms with Gasteiger partial charge in [-0.05, 0) is 12.8 Å². The van der Waals surface area contributed by atoms with E-state index in [1.807, 2.05) is 0 Å². The summed E-state index contributed by atoms with van der Waals surface area (Å²) in [6.45, 7) is 1.19. The summed E-state index contributed by atoms with van der Waals surface area (Å²) in [5.74, 6) is 0. The van der Waals surface area contributed by atoms with Crippen molar-refractivity contribution in [2.75, 3.05) is 6.54 Å². The molecule has 0 aliphatic carbocycles. The third-order valence-corrected chi connectivity index (χ3v) is 2.06. The Balaban J connectivity index is 2.13. The summed E-state index contributed by atoms with van der Waals surface area (Å²) >= 11 is 0. The lowest BCUT2D eigenvalue weighted by molar-refractivity contribution is -0.453. The van der Waals surface area contributed by atoms with Crippen molar-refractivity contribution in [3.8, 4) is 0 Å². The molecule has 0 atom stereocenters. The molecule has 0 bridgehead atoms. The molecule has 0 unspecified atom stereocenters. The fourth-order valence-electron chi connectivity index (χ4n) is 1.38. The van der Waals surface area contributed by atoms with Gasteiger partial charge in [-0.3, -0.25) is 4.99 Å². The van der Waals surface area contributed by atoms with Crippen LogP contribution in [-0.4, -0.2) is 12.8 Å². The van der Waals surface area contributed by atoms with Crippen molar-refractivity contribution >= 4 is 6.21 Å². The van der Waals surface area contributed by atoms with Gasteiger partial charge in [0, 0.05) is 12.8 Å². The molecule has 0 aromatic heterocycles. The number of nitrogens with one attached hydrogen (secondary N) is 1. The molecule has 0 amide bonds. The second kappa shape index (κ2) is 5.45. The first kappa shape index (κ1) is 7.77. The summed E-state index contributed by atoms with van der Waals surface area (Å²) in [5.41, 5.74) is 0. The number of hydrogen-bond donors (Lipinski definition) is 1. The molecule has 10 heavy (non-hydrogen) atoms. The molecule has 0 spiro atoms. The summed E-state index contributed by atoms with van der Waals surface area (Å²) < 4.78 is 0. The van der Waals surface area contributed by atoms with Crippen LogP contribution >= 0.6 is 0 Å². The zero-order valence-electron chi connectivity index (χ0n) is 6.73. The largest absolute Gasteiger partial charge is 0.252 e. The predicted octanol–water partition coefficient (Wildman–Crippen LogP) is 0.882. The maximum absolute atomic E-state index is 3.33. The smallest absolute Gasteiger partial charge is 0.140 e. The molecule has 1 aliphatic heterocycles. The second-order valence-corrected chi connectivity index (χ2v) is 3.07. The van der Waals surface area contributed by atoms with Crippen LogP contribution in [0, 0.1) is 0 Å². The molecule has 1 aliphatic rings. The van der Waals surface area contributed by atoms with Gasteiger partial charge in [-0.25, -0.2) is 0 Å².